The summed E-state index contributed by atoms with van der Waals surface area (Å²) >= 11 is 7.86. The van der Waals surface area contributed by atoms with E-state index in [0.29, 0.717) is 6.54 Å². The first-order valence-electron chi connectivity index (χ1n) is 5.34. The second kappa shape index (κ2) is 5.58. The maximum atomic E-state index is 6.23. The molecule has 0 saturated carbocycles. The molecule has 0 radical (unpaired) electrons. The molecule has 5 heteroatoms. The predicted molar refractivity (Wildman–Crippen MR) is 71.5 cm³/mol. The highest BCUT2D eigenvalue weighted by atomic mass is 35.5. The van der Waals surface area contributed by atoms with Crippen molar-refractivity contribution in [2.75, 3.05) is 6.54 Å². The van der Waals surface area contributed by atoms with Crippen molar-refractivity contribution in [2.45, 2.75) is 16.2 Å². The van der Waals surface area contributed by atoms with Crippen LogP contribution in [0.25, 0.3) is 0 Å². The quantitative estimate of drug-likeness (QED) is 0.926. The molecule has 17 heavy (non-hydrogen) atoms. The molecule has 0 atom stereocenters. The molecule has 0 aliphatic rings. The largest absolute Gasteiger partial charge is 0.330 e. The lowest BCUT2D eigenvalue weighted by Crippen LogP contribution is -2.03. The molecule has 1 aromatic carbocycles. The zero-order valence-electron chi connectivity index (χ0n) is 9.56. The fourth-order valence-corrected chi connectivity index (χ4v) is 2.91. The zero-order chi connectivity index (χ0) is 12.3. The Balaban J connectivity index is 2.30. The molecule has 0 fully saturated rings. The van der Waals surface area contributed by atoms with Crippen molar-refractivity contribution in [3.63, 3.8) is 0 Å². The third kappa shape index (κ3) is 3.03. The first-order chi connectivity index (χ1) is 8.20. The number of aromatic nitrogens is 2. The monoisotopic (exact) mass is 267 g/mol. The number of nitrogens with zero attached hydrogens (tertiary/aromatic N) is 2. The number of hydrogen-bond acceptors (Lipinski definition) is 3. The van der Waals surface area contributed by atoms with Crippen LogP contribution in [0.2, 0.25) is 5.02 Å². The van der Waals surface area contributed by atoms with E-state index in [0.717, 1.165) is 21.2 Å². The zero-order valence-corrected chi connectivity index (χ0v) is 11.1. The molecule has 0 amide bonds. The summed E-state index contributed by atoms with van der Waals surface area (Å²) in [7, 11) is 1.90. The maximum absolute atomic E-state index is 6.23. The van der Waals surface area contributed by atoms with Crippen molar-refractivity contribution in [1.82, 2.24) is 9.78 Å². The van der Waals surface area contributed by atoms with Crippen LogP contribution in [0.4, 0.5) is 0 Å². The van der Waals surface area contributed by atoms with Crippen LogP contribution in [0.15, 0.2) is 40.4 Å². The second-order valence-electron chi connectivity index (χ2n) is 3.72. The molecule has 0 unspecified atom stereocenters. The van der Waals surface area contributed by atoms with E-state index in [1.807, 2.05) is 31.6 Å². The SMILES string of the molecule is Cn1cc(Sc2c(Cl)cccc2CCN)cn1. The smallest absolute Gasteiger partial charge is 0.0629 e. The molecule has 0 saturated heterocycles. The van der Waals surface area contributed by atoms with Gasteiger partial charge in [-0.05, 0) is 24.6 Å². The van der Waals surface area contributed by atoms with E-state index in [9.17, 15) is 0 Å². The van der Waals surface area contributed by atoms with Crippen molar-refractivity contribution in [2.24, 2.45) is 12.8 Å². The van der Waals surface area contributed by atoms with Crippen LogP contribution in [0, 0.1) is 0 Å². The second-order valence-corrected chi connectivity index (χ2v) is 5.21. The Bertz CT molecular complexity index is 510. The Morgan fingerprint density at radius 1 is 1.47 bits per heavy atom. The third-order valence-electron chi connectivity index (χ3n) is 2.36. The summed E-state index contributed by atoms with van der Waals surface area (Å²) in [6.45, 7) is 0.626. The van der Waals surface area contributed by atoms with E-state index in [2.05, 4.69) is 11.2 Å². The average molecular weight is 268 g/mol. The molecular weight excluding hydrogens is 254 g/mol. The van der Waals surface area contributed by atoms with E-state index < -0.39 is 0 Å². The first-order valence-corrected chi connectivity index (χ1v) is 6.54. The van der Waals surface area contributed by atoms with E-state index in [4.69, 9.17) is 17.3 Å². The van der Waals surface area contributed by atoms with Gasteiger partial charge in [0.25, 0.3) is 0 Å². The van der Waals surface area contributed by atoms with Gasteiger partial charge >= 0.3 is 0 Å². The van der Waals surface area contributed by atoms with Gasteiger partial charge in [0.05, 0.1) is 16.1 Å². The molecule has 0 spiro atoms. The maximum Gasteiger partial charge on any atom is 0.0629 e. The number of nitrogens with two attached hydrogens (primary N) is 1. The third-order valence-corrected chi connectivity index (χ3v) is 3.92. The van der Waals surface area contributed by atoms with Gasteiger partial charge in [-0.1, -0.05) is 35.5 Å². The van der Waals surface area contributed by atoms with Gasteiger partial charge in [-0.25, -0.2) is 0 Å². The fraction of sp³-hybridized carbons (Fsp3) is 0.250. The topological polar surface area (TPSA) is 43.8 Å². The molecule has 2 rings (SSSR count). The number of aryl methyl sites for hydroxylation is 1. The molecule has 0 bridgehead atoms. The number of rotatable bonds is 4. The predicted octanol–water partition coefficient (Wildman–Crippen LogP) is 2.73. The lowest BCUT2D eigenvalue weighted by atomic mass is 10.1. The number of halogens is 1. The summed E-state index contributed by atoms with van der Waals surface area (Å²) in [6.07, 6.45) is 4.64. The van der Waals surface area contributed by atoms with Gasteiger partial charge in [-0.15, -0.1) is 0 Å². The normalized spacial score (nSPS) is 10.8. The van der Waals surface area contributed by atoms with Crippen LogP contribution >= 0.6 is 23.4 Å². The molecular formula is C12H14ClN3S. The lowest BCUT2D eigenvalue weighted by molar-refractivity contribution is 0.766. The Morgan fingerprint density at radius 2 is 2.29 bits per heavy atom. The number of benzene rings is 1. The molecule has 2 N–H and O–H groups in total. The lowest BCUT2D eigenvalue weighted by Gasteiger charge is -2.08. The fourth-order valence-electron chi connectivity index (χ4n) is 1.59. The van der Waals surface area contributed by atoms with Crippen LogP contribution in [0.5, 0.6) is 0 Å². The van der Waals surface area contributed by atoms with Crippen LogP contribution in [0.3, 0.4) is 0 Å². The molecule has 90 valence electrons. The van der Waals surface area contributed by atoms with Crippen molar-refractivity contribution in [3.8, 4) is 0 Å². The molecule has 0 aliphatic carbocycles. The Morgan fingerprint density at radius 3 is 2.94 bits per heavy atom. The molecule has 0 aliphatic heterocycles. The van der Waals surface area contributed by atoms with E-state index >= 15 is 0 Å². The average Bonchev–Trinajstić information content (AvgIpc) is 2.70. The first kappa shape index (κ1) is 12.5. The summed E-state index contributed by atoms with van der Waals surface area (Å²) < 4.78 is 1.78. The number of hydrogen-bond donors (Lipinski definition) is 1. The Labute approximate surface area is 110 Å². The van der Waals surface area contributed by atoms with E-state index in [1.165, 1.54) is 5.56 Å². The summed E-state index contributed by atoms with van der Waals surface area (Å²) in [5.41, 5.74) is 6.80. The van der Waals surface area contributed by atoms with Crippen molar-refractivity contribution < 1.29 is 0 Å². The molecule has 1 heterocycles. The highest BCUT2D eigenvalue weighted by Crippen LogP contribution is 2.35. The summed E-state index contributed by atoms with van der Waals surface area (Å²) in [4.78, 5) is 2.16. The van der Waals surface area contributed by atoms with E-state index in [-0.39, 0.29) is 0 Å². The van der Waals surface area contributed by atoms with Gasteiger partial charge < -0.3 is 5.73 Å². The minimum atomic E-state index is 0.626. The van der Waals surface area contributed by atoms with Gasteiger partial charge in [0, 0.05) is 18.1 Å². The van der Waals surface area contributed by atoms with Crippen LogP contribution in [-0.2, 0) is 13.5 Å². The van der Waals surface area contributed by atoms with Crippen LogP contribution in [-0.4, -0.2) is 16.3 Å². The standard InChI is InChI=1S/C12H14ClN3S/c1-16-8-10(7-15-16)17-12-9(5-6-14)3-2-4-11(12)13/h2-4,7-8H,5-6,14H2,1H3. The molecule has 3 nitrogen and oxygen atoms in total. The van der Waals surface area contributed by atoms with Crippen molar-refractivity contribution in [3.05, 3.63) is 41.2 Å². The minimum Gasteiger partial charge on any atom is -0.330 e. The Hall–Kier alpha value is -0.970. The summed E-state index contributed by atoms with van der Waals surface area (Å²) in [6, 6.07) is 5.93. The highest BCUT2D eigenvalue weighted by Gasteiger charge is 2.09. The van der Waals surface area contributed by atoms with Crippen LogP contribution in [0.1, 0.15) is 5.56 Å². The highest BCUT2D eigenvalue weighted by molar-refractivity contribution is 7.99. The Kier molecular flexibility index (Phi) is 4.10. The minimum absolute atomic E-state index is 0.626. The van der Waals surface area contributed by atoms with E-state index in [1.54, 1.807) is 16.4 Å². The van der Waals surface area contributed by atoms with Gasteiger partial charge in [0.1, 0.15) is 0 Å². The summed E-state index contributed by atoms with van der Waals surface area (Å²) in [5, 5.41) is 4.91. The van der Waals surface area contributed by atoms with Gasteiger partial charge in [-0.2, -0.15) is 5.10 Å². The van der Waals surface area contributed by atoms with Gasteiger partial charge in [0.15, 0.2) is 0 Å². The van der Waals surface area contributed by atoms with Crippen LogP contribution < -0.4 is 5.73 Å². The van der Waals surface area contributed by atoms with Gasteiger partial charge in [0.2, 0.25) is 0 Å². The summed E-state index contributed by atoms with van der Waals surface area (Å²) in [5.74, 6) is 0. The van der Waals surface area contributed by atoms with Crippen molar-refractivity contribution in [1.29, 1.82) is 0 Å². The van der Waals surface area contributed by atoms with Gasteiger partial charge in [-0.3, -0.25) is 4.68 Å². The molecule has 2 aromatic rings. The molecule has 1 aromatic heterocycles. The van der Waals surface area contributed by atoms with Crippen molar-refractivity contribution >= 4 is 23.4 Å².